The SMILES string of the molecule is CCOC(=O)/C=C/C(=O)c1ccccc1C. The average molecular weight is 218 g/mol. The number of rotatable bonds is 4. The molecule has 0 saturated carbocycles. The number of hydrogen-bond donors (Lipinski definition) is 0. The number of benzene rings is 1. The highest BCUT2D eigenvalue weighted by atomic mass is 16.5. The first kappa shape index (κ1) is 12.2. The standard InChI is InChI=1S/C13H14O3/c1-3-16-13(15)9-8-12(14)11-7-5-4-6-10(11)2/h4-9H,3H2,1-2H3/b9-8+. The second-order valence-electron chi connectivity index (χ2n) is 3.26. The summed E-state index contributed by atoms with van der Waals surface area (Å²) in [4.78, 5) is 22.7. The zero-order chi connectivity index (χ0) is 12.0. The molecule has 0 heterocycles. The lowest BCUT2D eigenvalue weighted by Crippen LogP contribution is -2.02. The van der Waals surface area contributed by atoms with Crippen LogP contribution in [0.25, 0.3) is 0 Å². The van der Waals surface area contributed by atoms with Crippen molar-refractivity contribution in [1.82, 2.24) is 0 Å². The molecule has 0 N–H and O–H groups in total. The minimum Gasteiger partial charge on any atom is -0.463 e. The smallest absolute Gasteiger partial charge is 0.330 e. The Hall–Kier alpha value is -1.90. The Balaban J connectivity index is 2.73. The Morgan fingerprint density at radius 2 is 1.94 bits per heavy atom. The van der Waals surface area contributed by atoms with Crippen molar-refractivity contribution in [3.8, 4) is 0 Å². The van der Waals surface area contributed by atoms with Gasteiger partial charge in [-0.05, 0) is 25.5 Å². The number of ketones is 1. The first-order valence-electron chi connectivity index (χ1n) is 5.10. The number of carbonyl (C=O) groups is 2. The van der Waals surface area contributed by atoms with E-state index >= 15 is 0 Å². The predicted molar refractivity (Wildman–Crippen MR) is 61.3 cm³/mol. The van der Waals surface area contributed by atoms with Gasteiger partial charge in [-0.2, -0.15) is 0 Å². The van der Waals surface area contributed by atoms with Crippen LogP contribution in [0.3, 0.4) is 0 Å². The molecule has 3 heteroatoms. The molecule has 84 valence electrons. The van der Waals surface area contributed by atoms with Gasteiger partial charge < -0.3 is 4.74 Å². The molecule has 16 heavy (non-hydrogen) atoms. The van der Waals surface area contributed by atoms with Gasteiger partial charge in [0.15, 0.2) is 5.78 Å². The van der Waals surface area contributed by atoms with Crippen molar-refractivity contribution in [3.63, 3.8) is 0 Å². The zero-order valence-electron chi connectivity index (χ0n) is 9.40. The van der Waals surface area contributed by atoms with Crippen LogP contribution in [0.5, 0.6) is 0 Å². The van der Waals surface area contributed by atoms with Crippen molar-refractivity contribution in [2.45, 2.75) is 13.8 Å². The Morgan fingerprint density at radius 1 is 1.25 bits per heavy atom. The number of ether oxygens (including phenoxy) is 1. The van der Waals surface area contributed by atoms with E-state index in [1.165, 1.54) is 6.08 Å². The summed E-state index contributed by atoms with van der Waals surface area (Å²) in [6.07, 6.45) is 2.39. The molecule has 0 radical (unpaired) electrons. The average Bonchev–Trinajstić information content (AvgIpc) is 2.27. The lowest BCUT2D eigenvalue weighted by molar-refractivity contribution is -0.137. The summed E-state index contributed by atoms with van der Waals surface area (Å²) < 4.78 is 4.68. The molecule has 1 aromatic rings. The van der Waals surface area contributed by atoms with Gasteiger partial charge in [0.2, 0.25) is 0 Å². The Labute approximate surface area is 94.7 Å². The van der Waals surface area contributed by atoms with Crippen LogP contribution in [0.4, 0.5) is 0 Å². The van der Waals surface area contributed by atoms with Gasteiger partial charge in [0.25, 0.3) is 0 Å². The fourth-order valence-electron chi connectivity index (χ4n) is 1.27. The third-order valence-electron chi connectivity index (χ3n) is 2.07. The molecular formula is C13H14O3. The topological polar surface area (TPSA) is 43.4 Å². The molecule has 0 spiro atoms. The third kappa shape index (κ3) is 3.35. The van der Waals surface area contributed by atoms with E-state index in [1.54, 1.807) is 19.1 Å². The maximum Gasteiger partial charge on any atom is 0.330 e. The van der Waals surface area contributed by atoms with Crippen LogP contribution < -0.4 is 0 Å². The molecule has 0 amide bonds. The molecule has 0 bridgehead atoms. The van der Waals surface area contributed by atoms with Crippen LogP contribution in [0, 0.1) is 6.92 Å². The largest absolute Gasteiger partial charge is 0.463 e. The van der Waals surface area contributed by atoms with Gasteiger partial charge >= 0.3 is 5.97 Å². The molecule has 3 nitrogen and oxygen atoms in total. The highest BCUT2D eigenvalue weighted by molar-refractivity contribution is 6.07. The molecular weight excluding hydrogens is 204 g/mol. The van der Waals surface area contributed by atoms with Crippen molar-refractivity contribution < 1.29 is 14.3 Å². The summed E-state index contributed by atoms with van der Waals surface area (Å²) in [6, 6.07) is 7.23. The molecule has 0 unspecified atom stereocenters. The van der Waals surface area contributed by atoms with Crippen LogP contribution in [0.15, 0.2) is 36.4 Å². The molecule has 0 atom stereocenters. The second kappa shape index (κ2) is 5.85. The van der Waals surface area contributed by atoms with E-state index in [2.05, 4.69) is 4.74 Å². The summed E-state index contributed by atoms with van der Waals surface area (Å²) >= 11 is 0. The highest BCUT2D eigenvalue weighted by Crippen LogP contribution is 2.08. The van der Waals surface area contributed by atoms with Gasteiger partial charge in [-0.15, -0.1) is 0 Å². The van der Waals surface area contributed by atoms with Crippen LogP contribution >= 0.6 is 0 Å². The summed E-state index contributed by atoms with van der Waals surface area (Å²) in [5.41, 5.74) is 1.49. The van der Waals surface area contributed by atoms with E-state index in [9.17, 15) is 9.59 Å². The van der Waals surface area contributed by atoms with Gasteiger partial charge in [-0.3, -0.25) is 4.79 Å². The lowest BCUT2D eigenvalue weighted by Gasteiger charge is -2.00. The Bertz CT molecular complexity index is 419. The van der Waals surface area contributed by atoms with Gasteiger partial charge in [0.1, 0.15) is 0 Å². The van der Waals surface area contributed by atoms with Crippen molar-refractivity contribution in [2.24, 2.45) is 0 Å². The predicted octanol–water partition coefficient (Wildman–Crippen LogP) is 2.30. The fraction of sp³-hybridized carbons (Fsp3) is 0.231. The first-order valence-corrected chi connectivity index (χ1v) is 5.10. The molecule has 0 aliphatic heterocycles. The Kier molecular flexibility index (Phi) is 4.45. The van der Waals surface area contributed by atoms with E-state index in [0.29, 0.717) is 12.2 Å². The van der Waals surface area contributed by atoms with Gasteiger partial charge in [-0.25, -0.2) is 4.79 Å². The lowest BCUT2D eigenvalue weighted by atomic mass is 10.0. The third-order valence-corrected chi connectivity index (χ3v) is 2.07. The molecule has 0 fully saturated rings. The maximum absolute atomic E-state index is 11.7. The minimum atomic E-state index is -0.496. The van der Waals surface area contributed by atoms with Gasteiger partial charge in [0, 0.05) is 11.6 Å². The molecule has 0 aromatic heterocycles. The van der Waals surface area contributed by atoms with E-state index in [0.717, 1.165) is 11.6 Å². The van der Waals surface area contributed by atoms with Gasteiger partial charge in [-0.1, -0.05) is 24.3 Å². The van der Waals surface area contributed by atoms with Crippen LogP contribution in [0.1, 0.15) is 22.8 Å². The van der Waals surface area contributed by atoms with Crippen molar-refractivity contribution in [3.05, 3.63) is 47.5 Å². The van der Waals surface area contributed by atoms with E-state index in [1.807, 2.05) is 19.1 Å². The van der Waals surface area contributed by atoms with E-state index in [4.69, 9.17) is 0 Å². The van der Waals surface area contributed by atoms with Crippen LogP contribution in [-0.4, -0.2) is 18.4 Å². The minimum absolute atomic E-state index is 0.189. The number of esters is 1. The molecule has 1 aromatic carbocycles. The first-order chi connectivity index (χ1) is 7.65. The molecule has 0 saturated heterocycles. The number of carbonyl (C=O) groups excluding carboxylic acids is 2. The van der Waals surface area contributed by atoms with Crippen LogP contribution in [-0.2, 0) is 9.53 Å². The second-order valence-corrected chi connectivity index (χ2v) is 3.26. The van der Waals surface area contributed by atoms with Gasteiger partial charge in [0.05, 0.1) is 6.61 Å². The Morgan fingerprint density at radius 3 is 2.56 bits per heavy atom. The van der Waals surface area contributed by atoms with E-state index in [-0.39, 0.29) is 5.78 Å². The van der Waals surface area contributed by atoms with Crippen molar-refractivity contribution in [1.29, 1.82) is 0 Å². The van der Waals surface area contributed by atoms with Crippen LogP contribution in [0.2, 0.25) is 0 Å². The summed E-state index contributed by atoms with van der Waals surface area (Å²) in [6.45, 7) is 3.88. The fourth-order valence-corrected chi connectivity index (χ4v) is 1.27. The van der Waals surface area contributed by atoms with E-state index < -0.39 is 5.97 Å². The monoisotopic (exact) mass is 218 g/mol. The highest BCUT2D eigenvalue weighted by Gasteiger charge is 2.05. The summed E-state index contributed by atoms with van der Waals surface area (Å²) in [5, 5.41) is 0. The number of allylic oxidation sites excluding steroid dienone is 1. The summed E-state index contributed by atoms with van der Waals surface area (Å²) in [7, 11) is 0. The molecule has 1 rings (SSSR count). The normalized spacial score (nSPS) is 10.4. The molecule has 0 aliphatic rings. The number of aryl methyl sites for hydroxylation is 1. The summed E-state index contributed by atoms with van der Waals surface area (Å²) in [5.74, 6) is -0.685. The van der Waals surface area contributed by atoms with Crippen molar-refractivity contribution in [2.75, 3.05) is 6.61 Å². The number of hydrogen-bond acceptors (Lipinski definition) is 3. The quantitative estimate of drug-likeness (QED) is 0.442. The zero-order valence-corrected chi connectivity index (χ0v) is 9.40. The molecule has 0 aliphatic carbocycles. The maximum atomic E-state index is 11.7. The van der Waals surface area contributed by atoms with Crippen molar-refractivity contribution >= 4 is 11.8 Å².